The topological polar surface area (TPSA) is 81.2 Å². The number of aromatic carboxylic acids is 1. The molecule has 0 aliphatic heterocycles. The monoisotopic (exact) mass is 409 g/mol. The first-order chi connectivity index (χ1) is 14.0. The lowest BCUT2D eigenvalue weighted by atomic mass is 9.52. The lowest BCUT2D eigenvalue weighted by molar-refractivity contribution is -0.0498. The number of carbonyl (C=O) groups is 1. The largest absolute Gasteiger partial charge is 0.478 e. The molecule has 0 amide bonds. The van der Waals surface area contributed by atoms with Gasteiger partial charge >= 0.3 is 5.97 Å². The predicted molar refractivity (Wildman–Crippen MR) is 108 cm³/mol. The Morgan fingerprint density at radius 2 is 2.00 bits per heavy atom. The van der Waals surface area contributed by atoms with Crippen molar-refractivity contribution >= 4 is 32.7 Å². The molecule has 4 radical (unpaired) electrons. The quantitative estimate of drug-likeness (QED) is 0.664. The third kappa shape index (κ3) is 3.32. The van der Waals surface area contributed by atoms with Gasteiger partial charge in [0.05, 0.1) is 26.9 Å². The van der Waals surface area contributed by atoms with Gasteiger partial charge in [-0.3, -0.25) is 4.98 Å². The van der Waals surface area contributed by atoms with E-state index in [-0.39, 0.29) is 36.8 Å². The van der Waals surface area contributed by atoms with Gasteiger partial charge in [-0.25, -0.2) is 13.6 Å². The lowest BCUT2D eigenvalue weighted by Crippen LogP contribution is -2.45. The number of nitrogens with zero attached hydrogens (tertiary/aromatic N) is 3. The van der Waals surface area contributed by atoms with Crippen LogP contribution in [0.25, 0.3) is 22.2 Å². The van der Waals surface area contributed by atoms with Gasteiger partial charge in [0, 0.05) is 36.4 Å². The van der Waals surface area contributed by atoms with Crippen LogP contribution < -0.4 is 0 Å². The zero-order chi connectivity index (χ0) is 21.8. The van der Waals surface area contributed by atoms with Crippen LogP contribution in [-0.2, 0) is 5.34 Å². The second-order valence-corrected chi connectivity index (χ2v) is 8.03. The molecule has 0 unspecified atom stereocenters. The van der Waals surface area contributed by atoms with Gasteiger partial charge in [0.2, 0.25) is 5.92 Å². The van der Waals surface area contributed by atoms with E-state index in [1.165, 1.54) is 10.8 Å². The molecule has 6 nitrogen and oxygen atoms in total. The summed E-state index contributed by atoms with van der Waals surface area (Å²) in [6.07, 6.45) is 2.55. The molecule has 10 heteroatoms. The van der Waals surface area contributed by atoms with Gasteiger partial charge in [0.25, 0.3) is 0 Å². The average molecular weight is 409 g/mol. The molecule has 30 heavy (non-hydrogen) atoms. The van der Waals surface area contributed by atoms with Crippen molar-refractivity contribution in [3.05, 3.63) is 35.5 Å². The first-order valence-electron chi connectivity index (χ1n) is 9.65. The van der Waals surface area contributed by atoms with Crippen LogP contribution in [0.3, 0.4) is 0 Å². The second kappa shape index (κ2) is 6.96. The van der Waals surface area contributed by atoms with Crippen molar-refractivity contribution in [3.63, 3.8) is 0 Å². The second-order valence-electron chi connectivity index (χ2n) is 8.03. The molecular weight excluding hydrogens is 390 g/mol. The fraction of sp³-hybridized carbons (Fsp3) is 0.450. The first-order valence-corrected chi connectivity index (χ1v) is 9.65. The normalized spacial score (nSPS) is 17.5. The number of fused-ring (bicyclic) bond motifs is 1. The van der Waals surface area contributed by atoms with Crippen LogP contribution in [0.4, 0.5) is 8.78 Å². The Balaban J connectivity index is 1.86. The molecule has 1 aliphatic carbocycles. The highest BCUT2D eigenvalue weighted by Crippen LogP contribution is 2.42. The number of pyridine rings is 1. The summed E-state index contributed by atoms with van der Waals surface area (Å²) >= 11 is 0. The van der Waals surface area contributed by atoms with Crippen LogP contribution in [0.1, 0.15) is 47.5 Å². The summed E-state index contributed by atoms with van der Waals surface area (Å²) < 4.78 is 33.9. The fourth-order valence-corrected chi connectivity index (χ4v) is 4.31. The van der Waals surface area contributed by atoms with Crippen molar-refractivity contribution < 1.29 is 23.2 Å². The van der Waals surface area contributed by atoms with Gasteiger partial charge in [-0.05, 0) is 44.0 Å². The van der Waals surface area contributed by atoms with E-state index in [2.05, 4.69) is 10.1 Å². The Morgan fingerprint density at radius 3 is 2.57 bits per heavy atom. The van der Waals surface area contributed by atoms with E-state index < -0.39 is 23.1 Å². The van der Waals surface area contributed by atoms with E-state index in [0.29, 0.717) is 22.5 Å². The van der Waals surface area contributed by atoms with Crippen molar-refractivity contribution in [3.8, 4) is 11.1 Å². The first kappa shape index (κ1) is 20.6. The fourth-order valence-electron chi connectivity index (χ4n) is 4.31. The Labute approximate surface area is 174 Å². The third-order valence-corrected chi connectivity index (χ3v) is 5.98. The zero-order valence-electron chi connectivity index (χ0n) is 16.7. The van der Waals surface area contributed by atoms with Crippen LogP contribution in [0.2, 0.25) is 0 Å². The molecule has 3 aromatic rings. The highest BCUT2D eigenvalue weighted by molar-refractivity contribution is 6.38. The Morgan fingerprint density at radius 1 is 1.33 bits per heavy atom. The molecule has 0 atom stereocenters. The predicted octanol–water partition coefficient (Wildman–Crippen LogP) is 3.78. The molecule has 152 valence electrons. The molecule has 0 bridgehead atoms. The Kier molecular flexibility index (Phi) is 4.78. The zero-order valence-corrected chi connectivity index (χ0v) is 16.7. The number of aryl methyl sites for hydroxylation is 2. The smallest absolute Gasteiger partial charge is 0.339 e. The minimum absolute atomic E-state index is 0.0586. The van der Waals surface area contributed by atoms with Gasteiger partial charge in [-0.2, -0.15) is 0 Å². The maximum atomic E-state index is 13.6. The van der Waals surface area contributed by atoms with Crippen LogP contribution >= 0.6 is 0 Å². The standard InChI is InChI=1S/C20H19B2F2N3O3/c1-10-16(11(2)30-26-10)12-7-15-17(25-8-12)14(18(28)29)9-27(15)20(21,22)13-3-5-19(23,24)6-4-13/h7-9,13H,3-6H2,1-2H3,(H,28,29). The van der Waals surface area contributed by atoms with Crippen molar-refractivity contribution in [1.29, 1.82) is 0 Å². The van der Waals surface area contributed by atoms with E-state index in [4.69, 9.17) is 20.2 Å². The summed E-state index contributed by atoms with van der Waals surface area (Å²) in [4.78, 5) is 16.1. The number of hydrogen-bond acceptors (Lipinski definition) is 4. The minimum Gasteiger partial charge on any atom is -0.478 e. The van der Waals surface area contributed by atoms with Gasteiger partial charge < -0.3 is 14.2 Å². The highest BCUT2D eigenvalue weighted by Gasteiger charge is 2.41. The van der Waals surface area contributed by atoms with Gasteiger partial charge in [0.1, 0.15) is 16.8 Å². The average Bonchev–Trinajstić information content (AvgIpc) is 3.21. The van der Waals surface area contributed by atoms with E-state index in [1.807, 2.05) is 0 Å². The molecule has 0 spiro atoms. The molecular formula is C20H19B2F2N3O3. The van der Waals surface area contributed by atoms with E-state index >= 15 is 0 Å². The summed E-state index contributed by atoms with van der Waals surface area (Å²) in [5, 5.41) is 12.0. The molecule has 3 heterocycles. The lowest BCUT2D eigenvalue weighted by Gasteiger charge is -2.42. The summed E-state index contributed by atoms with van der Waals surface area (Å²) in [6, 6.07) is 1.73. The molecule has 1 N–H and O–H groups in total. The van der Waals surface area contributed by atoms with Crippen molar-refractivity contribution in [2.45, 2.75) is 50.8 Å². The van der Waals surface area contributed by atoms with Crippen LogP contribution in [-0.4, -0.2) is 47.4 Å². The number of alkyl halides is 2. The molecule has 3 aromatic heterocycles. The van der Waals surface area contributed by atoms with Gasteiger partial charge in [-0.15, -0.1) is 0 Å². The number of rotatable bonds is 4. The van der Waals surface area contributed by atoms with Gasteiger partial charge in [-0.1, -0.05) is 5.16 Å². The number of aromatic nitrogens is 3. The van der Waals surface area contributed by atoms with Crippen LogP contribution in [0, 0.1) is 19.8 Å². The molecule has 0 saturated heterocycles. The maximum absolute atomic E-state index is 13.6. The molecule has 4 rings (SSSR count). The van der Waals surface area contributed by atoms with Crippen molar-refractivity contribution in [1.82, 2.24) is 14.7 Å². The van der Waals surface area contributed by atoms with E-state index in [0.717, 1.165) is 5.56 Å². The Hall–Kier alpha value is -2.64. The van der Waals surface area contributed by atoms with E-state index in [1.54, 1.807) is 26.1 Å². The summed E-state index contributed by atoms with van der Waals surface area (Å²) in [7, 11) is 12.9. The summed E-state index contributed by atoms with van der Waals surface area (Å²) in [5.74, 6) is -3.76. The summed E-state index contributed by atoms with van der Waals surface area (Å²) in [6.45, 7) is 3.55. The molecule has 0 aromatic carbocycles. The summed E-state index contributed by atoms with van der Waals surface area (Å²) in [5.41, 5.74) is 2.64. The third-order valence-electron chi connectivity index (χ3n) is 5.98. The van der Waals surface area contributed by atoms with Crippen molar-refractivity contribution in [2.75, 3.05) is 0 Å². The van der Waals surface area contributed by atoms with Crippen LogP contribution in [0.5, 0.6) is 0 Å². The maximum Gasteiger partial charge on any atom is 0.339 e. The van der Waals surface area contributed by atoms with Crippen LogP contribution in [0.15, 0.2) is 23.0 Å². The Bertz CT molecular complexity index is 1110. The number of carboxylic acids is 1. The molecule has 1 fully saturated rings. The number of hydrogen-bond donors (Lipinski definition) is 1. The van der Waals surface area contributed by atoms with Gasteiger partial charge in [0.15, 0.2) is 0 Å². The highest BCUT2D eigenvalue weighted by atomic mass is 19.3. The SMILES string of the molecule is [B]C([B])(C1CCC(F)(F)CC1)n1cc(C(=O)O)c2ncc(-c3c(C)noc3C)cc21. The minimum atomic E-state index is -2.73. The molecule has 1 saturated carbocycles. The van der Waals surface area contributed by atoms with Crippen molar-refractivity contribution in [2.24, 2.45) is 5.92 Å². The molecule has 1 aliphatic rings. The van der Waals surface area contributed by atoms with E-state index in [9.17, 15) is 18.7 Å². The number of carboxylic acid groups (broad SMARTS) is 1. The number of halogens is 2.